The fourth-order valence-electron chi connectivity index (χ4n) is 3.25. The monoisotopic (exact) mass is 454 g/mol. The highest BCUT2D eigenvalue weighted by Gasteiger charge is 2.19. The van der Waals surface area contributed by atoms with Gasteiger partial charge in [-0.25, -0.2) is 13.1 Å². The summed E-state index contributed by atoms with van der Waals surface area (Å²) in [7, 11) is -0.906. The number of sulfonamides is 1. The van der Waals surface area contributed by atoms with Crippen molar-refractivity contribution in [2.45, 2.75) is 17.4 Å². The Morgan fingerprint density at radius 3 is 1.94 bits per heavy atom. The van der Waals surface area contributed by atoms with Crippen molar-refractivity contribution in [1.82, 2.24) is 10.0 Å². The van der Waals surface area contributed by atoms with Gasteiger partial charge in [0, 0.05) is 19.0 Å². The molecule has 0 saturated heterocycles. The third-order valence-corrected chi connectivity index (χ3v) is 6.34. The zero-order valence-electron chi connectivity index (χ0n) is 17.9. The van der Waals surface area contributed by atoms with Crippen LogP contribution in [0.15, 0.2) is 83.8 Å². The topological polar surface area (TPSA) is 93.7 Å². The van der Waals surface area contributed by atoms with Gasteiger partial charge in [0.1, 0.15) is 0 Å². The average molecular weight is 455 g/mol. The first kappa shape index (κ1) is 23.3. The normalized spacial score (nSPS) is 11.2. The van der Waals surface area contributed by atoms with Crippen molar-refractivity contribution in [1.29, 1.82) is 0 Å². The Kier molecular flexibility index (Phi) is 7.86. The molecule has 8 heteroatoms. The number of hydrogen-bond donors (Lipinski definition) is 2. The summed E-state index contributed by atoms with van der Waals surface area (Å²) >= 11 is 0. The van der Waals surface area contributed by atoms with Gasteiger partial charge in [0.25, 0.3) is 0 Å². The standard InChI is InChI=1S/C24H26N2O5S/c1-30-21-14-13-20(17-22(21)31-2)32(28,29)25-16-15-23(27)26-24(18-9-5-3-6-10-18)19-11-7-4-8-12-19/h3-14,17,24-25H,15-16H2,1-2H3,(H,26,27). The molecule has 0 aliphatic heterocycles. The second kappa shape index (κ2) is 10.8. The quantitative estimate of drug-likeness (QED) is 0.490. The van der Waals surface area contributed by atoms with E-state index in [0.29, 0.717) is 11.5 Å². The summed E-state index contributed by atoms with van der Waals surface area (Å²) in [5.74, 6) is 0.470. The van der Waals surface area contributed by atoms with Crippen molar-refractivity contribution in [3.63, 3.8) is 0 Å². The van der Waals surface area contributed by atoms with Crippen molar-refractivity contribution in [2.75, 3.05) is 20.8 Å². The second-order valence-electron chi connectivity index (χ2n) is 6.99. The van der Waals surface area contributed by atoms with Crippen LogP contribution in [0, 0.1) is 0 Å². The van der Waals surface area contributed by atoms with Gasteiger partial charge in [-0.05, 0) is 23.3 Å². The highest BCUT2D eigenvalue weighted by atomic mass is 32.2. The molecular formula is C24H26N2O5S. The first-order valence-electron chi connectivity index (χ1n) is 10.1. The van der Waals surface area contributed by atoms with Crippen LogP contribution >= 0.6 is 0 Å². The van der Waals surface area contributed by atoms with Crippen molar-refractivity contribution in [3.05, 3.63) is 90.0 Å². The maximum Gasteiger partial charge on any atom is 0.240 e. The van der Waals surface area contributed by atoms with Gasteiger partial charge in [-0.1, -0.05) is 60.7 Å². The van der Waals surface area contributed by atoms with E-state index >= 15 is 0 Å². The van der Waals surface area contributed by atoms with Gasteiger partial charge >= 0.3 is 0 Å². The molecule has 3 aromatic rings. The molecule has 0 radical (unpaired) electrons. The zero-order valence-corrected chi connectivity index (χ0v) is 18.8. The molecule has 0 saturated carbocycles. The largest absolute Gasteiger partial charge is 0.493 e. The lowest BCUT2D eigenvalue weighted by molar-refractivity contribution is -0.121. The predicted octanol–water partition coefficient (Wildman–Crippen LogP) is 3.28. The zero-order chi connectivity index (χ0) is 23.0. The van der Waals surface area contributed by atoms with Gasteiger partial charge in [-0.2, -0.15) is 0 Å². The number of nitrogens with one attached hydrogen (secondary N) is 2. The van der Waals surface area contributed by atoms with Crippen molar-refractivity contribution in [3.8, 4) is 11.5 Å². The molecular weight excluding hydrogens is 428 g/mol. The first-order valence-corrected chi connectivity index (χ1v) is 11.5. The molecule has 1 amide bonds. The summed E-state index contributed by atoms with van der Waals surface area (Å²) in [4.78, 5) is 12.7. The summed E-state index contributed by atoms with van der Waals surface area (Å²) in [5, 5.41) is 3.00. The molecule has 0 aromatic heterocycles. The number of methoxy groups -OCH3 is 2. The Bertz CT molecular complexity index is 1100. The van der Waals surface area contributed by atoms with E-state index in [4.69, 9.17) is 9.47 Å². The fourth-order valence-corrected chi connectivity index (χ4v) is 4.30. The van der Waals surface area contributed by atoms with E-state index < -0.39 is 10.0 Å². The molecule has 3 rings (SSSR count). The molecule has 0 atom stereocenters. The number of benzene rings is 3. The van der Waals surface area contributed by atoms with E-state index in [1.807, 2.05) is 60.7 Å². The summed E-state index contributed by atoms with van der Waals surface area (Å²) in [6.45, 7) is -0.0428. The summed E-state index contributed by atoms with van der Waals surface area (Å²) in [5.41, 5.74) is 1.89. The van der Waals surface area contributed by atoms with Crippen LogP contribution in [0.5, 0.6) is 11.5 Å². The van der Waals surface area contributed by atoms with E-state index in [-0.39, 0.29) is 29.8 Å². The SMILES string of the molecule is COc1ccc(S(=O)(=O)NCCC(=O)NC(c2ccccc2)c2ccccc2)cc1OC. The van der Waals surface area contributed by atoms with Crippen LogP contribution in [0.2, 0.25) is 0 Å². The molecule has 0 fully saturated rings. The number of carbonyl (C=O) groups is 1. The minimum Gasteiger partial charge on any atom is -0.493 e. The molecule has 7 nitrogen and oxygen atoms in total. The molecule has 32 heavy (non-hydrogen) atoms. The van der Waals surface area contributed by atoms with Crippen LogP contribution < -0.4 is 19.5 Å². The summed E-state index contributed by atoms with van der Waals surface area (Å²) in [6.07, 6.45) is -0.0112. The lowest BCUT2D eigenvalue weighted by Crippen LogP contribution is -2.33. The van der Waals surface area contributed by atoms with Gasteiger partial charge in [-0.15, -0.1) is 0 Å². The molecule has 2 N–H and O–H groups in total. The molecule has 168 valence electrons. The highest BCUT2D eigenvalue weighted by molar-refractivity contribution is 7.89. The van der Waals surface area contributed by atoms with Gasteiger partial charge in [-0.3, -0.25) is 4.79 Å². The molecule has 0 bridgehead atoms. The lowest BCUT2D eigenvalue weighted by atomic mass is 9.98. The van der Waals surface area contributed by atoms with Crippen LogP contribution in [0.1, 0.15) is 23.6 Å². The fraction of sp³-hybridized carbons (Fsp3) is 0.208. The van der Waals surface area contributed by atoms with E-state index in [9.17, 15) is 13.2 Å². The first-order chi connectivity index (χ1) is 15.4. The van der Waals surface area contributed by atoms with Crippen LogP contribution in [0.25, 0.3) is 0 Å². The molecule has 0 heterocycles. The van der Waals surface area contributed by atoms with Crippen molar-refractivity contribution in [2.24, 2.45) is 0 Å². The Balaban J connectivity index is 1.64. The van der Waals surface area contributed by atoms with Crippen LogP contribution in [-0.2, 0) is 14.8 Å². The average Bonchev–Trinajstić information content (AvgIpc) is 2.83. The minimum atomic E-state index is -3.81. The Labute approximate surface area is 188 Å². The predicted molar refractivity (Wildman–Crippen MR) is 122 cm³/mol. The molecule has 3 aromatic carbocycles. The smallest absolute Gasteiger partial charge is 0.240 e. The summed E-state index contributed by atoms with van der Waals surface area (Å²) < 4.78 is 38.0. The number of carbonyl (C=O) groups excluding carboxylic acids is 1. The number of rotatable bonds is 10. The third kappa shape index (κ3) is 5.87. The molecule has 0 spiro atoms. The van der Waals surface area contributed by atoms with Gasteiger partial charge in [0.15, 0.2) is 11.5 Å². The van der Waals surface area contributed by atoms with E-state index in [1.165, 1.54) is 32.4 Å². The third-order valence-electron chi connectivity index (χ3n) is 4.88. The Morgan fingerprint density at radius 1 is 0.844 bits per heavy atom. The van der Waals surface area contributed by atoms with Gasteiger partial charge in [0.05, 0.1) is 25.2 Å². The van der Waals surface area contributed by atoms with Gasteiger partial charge < -0.3 is 14.8 Å². The molecule has 0 aliphatic rings. The van der Waals surface area contributed by atoms with E-state index in [2.05, 4.69) is 10.0 Å². The number of amides is 1. The van der Waals surface area contributed by atoms with Crippen LogP contribution in [0.4, 0.5) is 0 Å². The van der Waals surface area contributed by atoms with E-state index in [1.54, 1.807) is 0 Å². The lowest BCUT2D eigenvalue weighted by Gasteiger charge is -2.20. The number of hydrogen-bond acceptors (Lipinski definition) is 5. The number of ether oxygens (including phenoxy) is 2. The van der Waals surface area contributed by atoms with Crippen LogP contribution in [0.3, 0.4) is 0 Å². The van der Waals surface area contributed by atoms with Crippen LogP contribution in [-0.4, -0.2) is 35.1 Å². The maximum absolute atomic E-state index is 12.6. The molecule has 0 aliphatic carbocycles. The van der Waals surface area contributed by atoms with Crippen molar-refractivity contribution >= 4 is 15.9 Å². The molecule has 0 unspecified atom stereocenters. The van der Waals surface area contributed by atoms with Crippen molar-refractivity contribution < 1.29 is 22.7 Å². The highest BCUT2D eigenvalue weighted by Crippen LogP contribution is 2.29. The van der Waals surface area contributed by atoms with Gasteiger partial charge in [0.2, 0.25) is 15.9 Å². The van der Waals surface area contributed by atoms with E-state index in [0.717, 1.165) is 11.1 Å². The summed E-state index contributed by atoms with van der Waals surface area (Å²) in [6, 6.07) is 23.2. The minimum absolute atomic E-state index is 0.0112. The Morgan fingerprint density at radius 2 is 1.41 bits per heavy atom. The second-order valence-corrected chi connectivity index (χ2v) is 8.75. The Hall–Kier alpha value is -3.36. The maximum atomic E-state index is 12.6.